The van der Waals surface area contributed by atoms with Crippen LogP contribution >= 0.6 is 11.6 Å². The van der Waals surface area contributed by atoms with E-state index in [1.165, 1.54) is 12.1 Å². The fraction of sp³-hybridized carbons (Fsp3) is 0.250. The topological polar surface area (TPSA) is 24.9 Å². The fourth-order valence-electron chi connectivity index (χ4n) is 1.59. The van der Waals surface area contributed by atoms with E-state index in [0.717, 1.165) is 24.0 Å². The van der Waals surface area contributed by atoms with Gasteiger partial charge in [-0.1, -0.05) is 18.5 Å². The molecule has 0 bridgehead atoms. The van der Waals surface area contributed by atoms with Gasteiger partial charge in [-0.2, -0.15) is 0 Å². The summed E-state index contributed by atoms with van der Waals surface area (Å²) in [6.45, 7) is 2.91. The molecular formula is C12H12ClFN2. The summed E-state index contributed by atoms with van der Waals surface area (Å²) in [5, 5.41) is 4.29. The van der Waals surface area contributed by atoms with Crippen LogP contribution in [0.2, 0.25) is 5.02 Å². The molecule has 2 aromatic rings. The Morgan fingerprint density at radius 2 is 2.25 bits per heavy atom. The summed E-state index contributed by atoms with van der Waals surface area (Å²) in [6.07, 6.45) is 2.68. The minimum Gasteiger partial charge on any atom is -0.384 e. The van der Waals surface area contributed by atoms with Crippen LogP contribution in [0, 0.1) is 5.82 Å². The average molecular weight is 239 g/mol. The van der Waals surface area contributed by atoms with Gasteiger partial charge in [0.25, 0.3) is 0 Å². The van der Waals surface area contributed by atoms with Crippen molar-refractivity contribution in [1.82, 2.24) is 4.98 Å². The molecule has 0 radical (unpaired) electrons. The molecule has 1 aromatic heterocycles. The lowest BCUT2D eigenvalue weighted by Gasteiger charge is -2.09. The first-order valence-electron chi connectivity index (χ1n) is 5.20. The molecule has 0 saturated carbocycles. The van der Waals surface area contributed by atoms with E-state index in [1.54, 1.807) is 6.20 Å². The highest BCUT2D eigenvalue weighted by molar-refractivity contribution is 6.35. The molecule has 0 aliphatic rings. The molecule has 1 heterocycles. The predicted molar refractivity (Wildman–Crippen MR) is 65.5 cm³/mol. The number of hydrogen-bond acceptors (Lipinski definition) is 2. The Balaban J connectivity index is 2.57. The number of nitrogens with zero attached hydrogens (tertiary/aromatic N) is 1. The quantitative estimate of drug-likeness (QED) is 0.879. The Kier molecular flexibility index (Phi) is 3.25. The smallest absolute Gasteiger partial charge is 0.125 e. The molecule has 0 amide bonds. The Bertz CT molecular complexity index is 514. The molecule has 1 N–H and O–H groups in total. The van der Waals surface area contributed by atoms with Gasteiger partial charge in [0.2, 0.25) is 0 Å². The average Bonchev–Trinajstić information content (AvgIpc) is 2.26. The van der Waals surface area contributed by atoms with Crippen LogP contribution < -0.4 is 5.32 Å². The maximum absolute atomic E-state index is 13.3. The van der Waals surface area contributed by atoms with Crippen molar-refractivity contribution >= 4 is 28.2 Å². The zero-order valence-corrected chi connectivity index (χ0v) is 9.68. The van der Waals surface area contributed by atoms with E-state index >= 15 is 0 Å². The molecule has 2 rings (SSSR count). The second kappa shape index (κ2) is 4.66. The van der Waals surface area contributed by atoms with Gasteiger partial charge in [0, 0.05) is 23.8 Å². The molecule has 0 unspecified atom stereocenters. The molecule has 84 valence electrons. The molecule has 0 spiro atoms. The van der Waals surface area contributed by atoms with Crippen LogP contribution in [-0.2, 0) is 0 Å². The molecule has 0 fully saturated rings. The number of nitrogens with one attached hydrogen (secondary N) is 1. The normalized spacial score (nSPS) is 10.7. The third kappa shape index (κ3) is 2.09. The summed E-state index contributed by atoms with van der Waals surface area (Å²) in [5.74, 6) is -0.343. The first-order valence-corrected chi connectivity index (χ1v) is 5.58. The minimum atomic E-state index is -0.343. The van der Waals surface area contributed by atoms with Crippen molar-refractivity contribution in [2.45, 2.75) is 13.3 Å². The summed E-state index contributed by atoms with van der Waals surface area (Å²) < 4.78 is 13.3. The molecule has 0 aliphatic carbocycles. The summed E-state index contributed by atoms with van der Waals surface area (Å²) in [4.78, 5) is 4.15. The summed E-state index contributed by atoms with van der Waals surface area (Å²) in [5.41, 5.74) is 1.50. The summed E-state index contributed by atoms with van der Waals surface area (Å²) in [7, 11) is 0. The third-order valence-electron chi connectivity index (χ3n) is 2.33. The van der Waals surface area contributed by atoms with Crippen molar-refractivity contribution in [2.24, 2.45) is 0 Å². The zero-order chi connectivity index (χ0) is 11.5. The van der Waals surface area contributed by atoms with E-state index in [9.17, 15) is 4.39 Å². The van der Waals surface area contributed by atoms with Gasteiger partial charge >= 0.3 is 0 Å². The predicted octanol–water partition coefficient (Wildman–Crippen LogP) is 3.85. The van der Waals surface area contributed by atoms with Crippen molar-refractivity contribution in [3.63, 3.8) is 0 Å². The molecule has 2 nitrogen and oxygen atoms in total. The summed E-state index contributed by atoms with van der Waals surface area (Å²) in [6, 6.07) is 4.56. The van der Waals surface area contributed by atoms with E-state index in [-0.39, 0.29) is 5.82 Å². The number of halogens is 2. The lowest BCUT2D eigenvalue weighted by atomic mass is 10.2. The number of anilines is 1. The van der Waals surface area contributed by atoms with Crippen LogP contribution in [-0.4, -0.2) is 11.5 Å². The summed E-state index contributed by atoms with van der Waals surface area (Å²) >= 11 is 5.94. The lowest BCUT2D eigenvalue weighted by molar-refractivity contribution is 0.629. The number of aromatic nitrogens is 1. The lowest BCUT2D eigenvalue weighted by Crippen LogP contribution is -2.00. The Hall–Kier alpha value is -1.35. The van der Waals surface area contributed by atoms with Gasteiger partial charge in [0.15, 0.2) is 0 Å². The highest BCUT2D eigenvalue weighted by Crippen LogP contribution is 2.28. The number of hydrogen-bond donors (Lipinski definition) is 1. The number of rotatable bonds is 3. The molecule has 0 saturated heterocycles. The van der Waals surface area contributed by atoms with E-state index < -0.39 is 0 Å². The minimum absolute atomic E-state index is 0.343. The molecule has 0 aliphatic heterocycles. The van der Waals surface area contributed by atoms with Crippen molar-refractivity contribution in [3.8, 4) is 0 Å². The van der Waals surface area contributed by atoms with Gasteiger partial charge in [0.1, 0.15) is 5.82 Å². The van der Waals surface area contributed by atoms with E-state index in [1.807, 2.05) is 6.07 Å². The Morgan fingerprint density at radius 1 is 1.44 bits per heavy atom. The van der Waals surface area contributed by atoms with Crippen molar-refractivity contribution in [3.05, 3.63) is 35.2 Å². The number of fused-ring (bicyclic) bond motifs is 1. The monoisotopic (exact) mass is 238 g/mol. The SMILES string of the molecule is CCCNc1ccnc2c(Cl)cc(F)cc12. The van der Waals surface area contributed by atoms with Crippen LogP contribution in [0.3, 0.4) is 0 Å². The second-order valence-corrected chi connectivity index (χ2v) is 3.98. The highest BCUT2D eigenvalue weighted by atomic mass is 35.5. The van der Waals surface area contributed by atoms with E-state index in [0.29, 0.717) is 10.5 Å². The number of benzene rings is 1. The fourth-order valence-corrected chi connectivity index (χ4v) is 1.85. The molecule has 4 heteroatoms. The maximum Gasteiger partial charge on any atom is 0.125 e. The zero-order valence-electron chi connectivity index (χ0n) is 8.93. The molecule has 1 aromatic carbocycles. The first kappa shape index (κ1) is 11.1. The van der Waals surface area contributed by atoms with Crippen LogP contribution in [0.4, 0.5) is 10.1 Å². The van der Waals surface area contributed by atoms with Gasteiger partial charge in [-0.15, -0.1) is 0 Å². The Labute approximate surface area is 98.4 Å². The van der Waals surface area contributed by atoms with Gasteiger partial charge in [-0.25, -0.2) is 4.39 Å². The van der Waals surface area contributed by atoms with Crippen LogP contribution in [0.5, 0.6) is 0 Å². The van der Waals surface area contributed by atoms with Gasteiger partial charge in [0.05, 0.1) is 10.5 Å². The van der Waals surface area contributed by atoms with E-state index in [4.69, 9.17) is 11.6 Å². The van der Waals surface area contributed by atoms with Crippen LogP contribution in [0.15, 0.2) is 24.4 Å². The van der Waals surface area contributed by atoms with Gasteiger partial charge in [-0.3, -0.25) is 4.98 Å². The Morgan fingerprint density at radius 3 is 3.00 bits per heavy atom. The maximum atomic E-state index is 13.3. The largest absolute Gasteiger partial charge is 0.384 e. The molecule has 0 atom stereocenters. The van der Waals surface area contributed by atoms with E-state index in [2.05, 4.69) is 17.2 Å². The van der Waals surface area contributed by atoms with Gasteiger partial charge in [-0.05, 0) is 24.6 Å². The molecule has 16 heavy (non-hydrogen) atoms. The second-order valence-electron chi connectivity index (χ2n) is 3.57. The van der Waals surface area contributed by atoms with Crippen molar-refractivity contribution in [1.29, 1.82) is 0 Å². The number of pyridine rings is 1. The highest BCUT2D eigenvalue weighted by Gasteiger charge is 2.07. The molecular weight excluding hydrogens is 227 g/mol. The van der Waals surface area contributed by atoms with Crippen LogP contribution in [0.25, 0.3) is 10.9 Å². The van der Waals surface area contributed by atoms with Gasteiger partial charge < -0.3 is 5.32 Å². The third-order valence-corrected chi connectivity index (χ3v) is 2.62. The van der Waals surface area contributed by atoms with Crippen molar-refractivity contribution in [2.75, 3.05) is 11.9 Å². The first-order chi connectivity index (χ1) is 7.72. The van der Waals surface area contributed by atoms with Crippen molar-refractivity contribution < 1.29 is 4.39 Å². The standard InChI is InChI=1S/C12H12ClFN2/c1-2-4-15-11-3-5-16-12-9(11)6-8(14)7-10(12)13/h3,5-7H,2,4H2,1H3,(H,15,16). The van der Waals surface area contributed by atoms with Crippen LogP contribution in [0.1, 0.15) is 13.3 Å².